The Hall–Kier alpha value is -2.80. The first-order valence-electron chi connectivity index (χ1n) is 7.30. The van der Waals surface area contributed by atoms with Crippen LogP contribution < -0.4 is 0 Å². The molecule has 2 atom stereocenters. The molecular weight excluding hydrogens is 360 g/mol. The number of rotatable bonds is 8. The quantitative estimate of drug-likeness (QED) is 0.151. The summed E-state index contributed by atoms with van der Waals surface area (Å²) in [5, 5.41) is 38.9. The minimum Gasteiger partial charge on any atom is -0.504 e. The van der Waals surface area contributed by atoms with Gasteiger partial charge < -0.3 is 29.9 Å². The van der Waals surface area contributed by atoms with E-state index in [-0.39, 0.29) is 25.4 Å². The van der Waals surface area contributed by atoms with E-state index >= 15 is 0 Å². The maximum absolute atomic E-state index is 12.1. The summed E-state index contributed by atoms with van der Waals surface area (Å²) in [7, 11) is 0. The molecule has 1 aromatic rings. The number of phenolic OH excluding ortho intramolecular Hbond substituents is 4. The topological polar surface area (TPSA) is 177 Å². The third kappa shape index (κ3) is 3.88. The Morgan fingerprint density at radius 2 is 1.12 bits per heavy atom. The highest BCUT2D eigenvalue weighted by Crippen LogP contribution is 2.47. The van der Waals surface area contributed by atoms with Crippen LogP contribution in [0, 0.1) is 0 Å². The van der Waals surface area contributed by atoms with E-state index in [2.05, 4.69) is 19.6 Å². The molecule has 2 aliphatic heterocycles. The Kier molecular flexibility index (Phi) is 4.99. The van der Waals surface area contributed by atoms with Crippen LogP contribution in [-0.2, 0) is 29.0 Å². The molecule has 0 spiro atoms. The van der Waals surface area contributed by atoms with Crippen molar-refractivity contribution in [2.24, 2.45) is 0 Å². The summed E-state index contributed by atoms with van der Waals surface area (Å²) < 4.78 is 9.65. The number of phenols is 4. The van der Waals surface area contributed by atoms with Gasteiger partial charge in [0.1, 0.15) is 36.5 Å². The predicted octanol–water partition coefficient (Wildman–Crippen LogP) is -0.517. The first-order chi connectivity index (χ1) is 12.4. The van der Waals surface area contributed by atoms with E-state index in [0.29, 0.717) is 13.2 Å². The Balaban J connectivity index is 1.81. The van der Waals surface area contributed by atoms with Crippen molar-refractivity contribution in [3.05, 3.63) is 11.1 Å². The van der Waals surface area contributed by atoms with Gasteiger partial charge in [0.15, 0.2) is 11.5 Å². The average Bonchev–Trinajstić information content (AvgIpc) is 3.50. The van der Waals surface area contributed by atoms with Gasteiger partial charge >= 0.3 is 11.9 Å². The highest BCUT2D eigenvalue weighted by molar-refractivity contribution is 6.08. The summed E-state index contributed by atoms with van der Waals surface area (Å²) in [6, 6.07) is 0. The zero-order chi connectivity index (χ0) is 18.8. The van der Waals surface area contributed by atoms with E-state index < -0.39 is 46.1 Å². The largest absolute Gasteiger partial charge is 0.504 e. The smallest absolute Gasteiger partial charge is 0.377 e. The van der Waals surface area contributed by atoms with Crippen molar-refractivity contribution < 1.29 is 59.0 Å². The standard InChI is InChI=1S/C14H14O12/c15-9-7(13(19)25-23-3-5-1-21-5)8(10(16)12(18)11(9)17)14(20)26-24-4-6-2-22-6/h5-6,15-18H,1-4H2. The van der Waals surface area contributed by atoms with Crippen LogP contribution >= 0.6 is 0 Å². The molecule has 2 aliphatic rings. The Morgan fingerprint density at radius 1 is 0.769 bits per heavy atom. The van der Waals surface area contributed by atoms with Crippen molar-refractivity contribution in [2.45, 2.75) is 12.2 Å². The lowest BCUT2D eigenvalue weighted by Gasteiger charge is -2.13. The number of epoxide rings is 2. The van der Waals surface area contributed by atoms with Crippen molar-refractivity contribution >= 4 is 11.9 Å². The lowest BCUT2D eigenvalue weighted by Crippen LogP contribution is -2.17. The van der Waals surface area contributed by atoms with Crippen molar-refractivity contribution in [1.82, 2.24) is 0 Å². The monoisotopic (exact) mass is 374 g/mol. The molecule has 12 nitrogen and oxygen atoms in total. The maximum Gasteiger partial charge on any atom is 0.377 e. The number of hydrogen-bond acceptors (Lipinski definition) is 12. The summed E-state index contributed by atoms with van der Waals surface area (Å²) in [5.74, 6) is -7.83. The molecule has 4 N–H and O–H groups in total. The Bertz CT molecular complexity index is 660. The summed E-state index contributed by atoms with van der Waals surface area (Å²) in [5.41, 5.74) is -1.99. The van der Waals surface area contributed by atoms with Gasteiger partial charge in [0.25, 0.3) is 0 Å². The second-order valence-corrected chi connectivity index (χ2v) is 5.37. The SMILES string of the molecule is O=C(OOCC1CO1)c1c(O)c(O)c(O)c(O)c1C(=O)OOCC1CO1. The number of benzene rings is 1. The van der Waals surface area contributed by atoms with Gasteiger partial charge in [-0.15, -0.1) is 0 Å². The molecule has 0 aliphatic carbocycles. The number of ether oxygens (including phenoxy) is 2. The van der Waals surface area contributed by atoms with Crippen molar-refractivity contribution in [1.29, 1.82) is 0 Å². The fourth-order valence-corrected chi connectivity index (χ4v) is 1.83. The lowest BCUT2D eigenvalue weighted by atomic mass is 10.0. The normalized spacial score (nSPS) is 20.5. The zero-order valence-corrected chi connectivity index (χ0v) is 13.0. The molecular formula is C14H14O12. The minimum absolute atomic E-state index is 0.104. The van der Waals surface area contributed by atoms with Gasteiger partial charge in [-0.05, 0) is 0 Å². The first kappa shape index (κ1) is 18.0. The van der Waals surface area contributed by atoms with Crippen molar-refractivity contribution in [2.75, 3.05) is 26.4 Å². The molecule has 3 rings (SSSR count). The lowest BCUT2D eigenvalue weighted by molar-refractivity contribution is -0.244. The van der Waals surface area contributed by atoms with E-state index in [0.717, 1.165) is 0 Å². The molecule has 0 amide bonds. The second-order valence-electron chi connectivity index (χ2n) is 5.37. The molecule has 142 valence electrons. The van der Waals surface area contributed by atoms with E-state index in [1.54, 1.807) is 0 Å². The van der Waals surface area contributed by atoms with Crippen LogP contribution in [0.1, 0.15) is 20.7 Å². The predicted molar refractivity (Wildman–Crippen MR) is 75.3 cm³/mol. The molecule has 2 saturated heterocycles. The minimum atomic E-state index is -1.44. The number of carbonyl (C=O) groups is 2. The van der Waals surface area contributed by atoms with Crippen LogP contribution in [0.5, 0.6) is 23.0 Å². The van der Waals surface area contributed by atoms with E-state index in [4.69, 9.17) is 9.47 Å². The molecule has 2 unspecified atom stereocenters. The van der Waals surface area contributed by atoms with Gasteiger partial charge in [0.2, 0.25) is 11.5 Å². The zero-order valence-electron chi connectivity index (χ0n) is 13.0. The van der Waals surface area contributed by atoms with Crippen LogP contribution in [0.2, 0.25) is 0 Å². The number of hydrogen-bond donors (Lipinski definition) is 4. The third-order valence-electron chi connectivity index (χ3n) is 3.39. The highest BCUT2D eigenvalue weighted by Gasteiger charge is 2.35. The first-order valence-corrected chi connectivity index (χ1v) is 7.30. The van der Waals surface area contributed by atoms with Crippen molar-refractivity contribution in [3.63, 3.8) is 0 Å². The molecule has 0 aromatic heterocycles. The van der Waals surface area contributed by atoms with E-state index in [1.165, 1.54) is 0 Å². The van der Waals surface area contributed by atoms with Crippen LogP contribution in [0.3, 0.4) is 0 Å². The van der Waals surface area contributed by atoms with Crippen LogP contribution in [0.15, 0.2) is 0 Å². The Morgan fingerprint density at radius 3 is 1.42 bits per heavy atom. The van der Waals surface area contributed by atoms with Crippen molar-refractivity contribution in [3.8, 4) is 23.0 Å². The van der Waals surface area contributed by atoms with Gasteiger partial charge in [-0.25, -0.2) is 9.59 Å². The highest BCUT2D eigenvalue weighted by atomic mass is 17.2. The molecule has 2 heterocycles. The van der Waals surface area contributed by atoms with E-state index in [1.807, 2.05) is 0 Å². The Labute approximate surface area is 144 Å². The van der Waals surface area contributed by atoms with Gasteiger partial charge in [0.05, 0.1) is 13.2 Å². The summed E-state index contributed by atoms with van der Waals surface area (Å²) in [6.45, 7) is 0.631. The molecule has 0 bridgehead atoms. The summed E-state index contributed by atoms with van der Waals surface area (Å²) in [6.07, 6.45) is -0.499. The van der Waals surface area contributed by atoms with Crippen LogP contribution in [-0.4, -0.2) is 71.0 Å². The molecule has 26 heavy (non-hydrogen) atoms. The molecule has 1 aromatic carbocycles. The van der Waals surface area contributed by atoms with Gasteiger partial charge in [-0.1, -0.05) is 0 Å². The van der Waals surface area contributed by atoms with Gasteiger partial charge in [-0.2, -0.15) is 9.78 Å². The van der Waals surface area contributed by atoms with Gasteiger partial charge in [-0.3, -0.25) is 9.78 Å². The fourth-order valence-electron chi connectivity index (χ4n) is 1.83. The number of aromatic hydroxyl groups is 4. The average molecular weight is 374 g/mol. The third-order valence-corrected chi connectivity index (χ3v) is 3.39. The summed E-state index contributed by atoms with van der Waals surface area (Å²) >= 11 is 0. The fraction of sp³-hybridized carbons (Fsp3) is 0.429. The maximum atomic E-state index is 12.1. The van der Waals surface area contributed by atoms with Gasteiger partial charge in [0, 0.05) is 0 Å². The second kappa shape index (κ2) is 7.21. The van der Waals surface area contributed by atoms with Crippen LogP contribution in [0.4, 0.5) is 0 Å². The van der Waals surface area contributed by atoms with Crippen LogP contribution in [0.25, 0.3) is 0 Å². The number of carbonyl (C=O) groups excluding carboxylic acids is 2. The molecule has 12 heteroatoms. The molecule has 0 saturated carbocycles. The van der Waals surface area contributed by atoms with E-state index in [9.17, 15) is 30.0 Å². The molecule has 2 fully saturated rings. The summed E-state index contributed by atoms with van der Waals surface area (Å²) in [4.78, 5) is 42.1. The molecule has 0 radical (unpaired) electrons.